The molecule has 0 bridgehead atoms. The summed E-state index contributed by atoms with van der Waals surface area (Å²) in [6.07, 6.45) is 0. The first-order valence-corrected chi connectivity index (χ1v) is 13.3. The molecule has 0 aliphatic heterocycles. The van der Waals surface area contributed by atoms with Crippen molar-refractivity contribution in [3.05, 3.63) is 36.4 Å². The van der Waals surface area contributed by atoms with Gasteiger partial charge in [-0.05, 0) is 0 Å². The Morgan fingerprint density at radius 3 is 2.75 bits per heavy atom. The van der Waals surface area contributed by atoms with Crippen LogP contribution in [0, 0.1) is 0 Å². The topological polar surface area (TPSA) is 12.9 Å². The number of aromatic nitrogens is 1. The second-order valence-corrected chi connectivity index (χ2v) is 8.83. The summed E-state index contributed by atoms with van der Waals surface area (Å²) in [5.41, 5.74) is 1.07. The summed E-state index contributed by atoms with van der Waals surface area (Å²) >= 11 is -1.30. The molecule has 1 heterocycles. The van der Waals surface area contributed by atoms with Crippen LogP contribution in [0.5, 0.6) is 0 Å². The molecule has 1 aromatic carbocycles. The summed E-state index contributed by atoms with van der Waals surface area (Å²) in [4.78, 5) is 4.46. The number of nitrogens with zero attached hydrogens (tertiary/aromatic N) is 1. The summed E-state index contributed by atoms with van der Waals surface area (Å²) in [5.74, 6) is 0. The van der Waals surface area contributed by atoms with Crippen LogP contribution in [0.4, 0.5) is 0 Å². The van der Waals surface area contributed by atoms with E-state index < -0.39 is 23.3 Å². The van der Waals surface area contributed by atoms with Crippen LogP contribution in [0.2, 0.25) is 0 Å². The zero-order valence-electron chi connectivity index (χ0n) is 6.50. The molecule has 3 heteroatoms. The molecule has 1 aromatic heterocycles. The van der Waals surface area contributed by atoms with Crippen LogP contribution in [0.1, 0.15) is 0 Å². The van der Waals surface area contributed by atoms with Gasteiger partial charge in [-0.25, -0.2) is 0 Å². The monoisotopic (exact) mass is 365 g/mol. The van der Waals surface area contributed by atoms with Crippen LogP contribution in [-0.4, -0.2) is 4.98 Å². The van der Waals surface area contributed by atoms with E-state index in [4.69, 9.17) is 8.25 Å². The summed E-state index contributed by atoms with van der Waals surface area (Å²) in [5, 5.41) is 1.19. The van der Waals surface area contributed by atoms with Crippen LogP contribution < -0.4 is 3.20 Å². The number of pyridine rings is 1. The predicted molar refractivity (Wildman–Crippen MR) is 47.2 cm³/mol. The molecule has 0 spiro atoms. The van der Waals surface area contributed by atoms with E-state index >= 15 is 0 Å². The van der Waals surface area contributed by atoms with Crippen molar-refractivity contribution in [2.75, 3.05) is 0 Å². The van der Waals surface area contributed by atoms with Gasteiger partial charge in [-0.1, -0.05) is 0 Å². The summed E-state index contributed by atoms with van der Waals surface area (Å²) in [6, 6.07) is 12.3. The minimum atomic E-state index is -1.30. The summed E-state index contributed by atoms with van der Waals surface area (Å²) in [7, 11) is 5.89. The summed E-state index contributed by atoms with van der Waals surface area (Å²) < 4.78 is 1.15. The molecular formula is C9H6ClHgN. The molecule has 0 fully saturated rings. The molecule has 0 saturated carbocycles. The normalized spacial score (nSPS) is 9.75. The van der Waals surface area contributed by atoms with E-state index in [1.54, 1.807) is 0 Å². The van der Waals surface area contributed by atoms with Gasteiger partial charge in [0.15, 0.2) is 0 Å². The Hall–Kier alpha value is -0.145. The Balaban J connectivity index is 2.67. The summed E-state index contributed by atoms with van der Waals surface area (Å²) in [6.45, 7) is 0. The van der Waals surface area contributed by atoms with Crippen LogP contribution in [-0.2, 0) is 23.3 Å². The fraction of sp³-hybridized carbons (Fsp3) is 0. The van der Waals surface area contributed by atoms with Gasteiger partial charge in [0.1, 0.15) is 0 Å². The quantitative estimate of drug-likeness (QED) is 0.707. The van der Waals surface area contributed by atoms with Crippen molar-refractivity contribution in [3.8, 4) is 0 Å². The molecule has 0 N–H and O–H groups in total. The van der Waals surface area contributed by atoms with Gasteiger partial charge in [0.25, 0.3) is 0 Å². The zero-order valence-corrected chi connectivity index (χ0v) is 12.8. The average molecular weight is 364 g/mol. The second kappa shape index (κ2) is 3.71. The number of halogens is 1. The van der Waals surface area contributed by atoms with E-state index in [0.29, 0.717) is 0 Å². The minimum absolute atomic E-state index is 1.07. The standard InChI is InChI=1S/C9H6N.ClH.Hg/c1-2-6-9-8(4-1)5-3-7-10-9;;/h1-6H;1H;/q;;+1/p-1. The molecule has 0 aliphatic rings. The first-order valence-electron chi connectivity index (χ1n) is 3.81. The molecule has 2 rings (SSSR count). The zero-order chi connectivity index (χ0) is 8.39. The molecule has 0 radical (unpaired) electrons. The van der Waals surface area contributed by atoms with E-state index in [2.05, 4.69) is 23.2 Å². The number of hydrogen-bond donors (Lipinski definition) is 0. The maximum absolute atomic E-state index is 5.89. The van der Waals surface area contributed by atoms with Crippen molar-refractivity contribution in [2.45, 2.75) is 0 Å². The molecule has 0 atom stereocenters. The molecular weight excluding hydrogens is 358 g/mol. The molecule has 12 heavy (non-hydrogen) atoms. The molecule has 0 saturated heterocycles. The Bertz CT molecular complexity index is 402. The first-order chi connectivity index (χ1) is 5.90. The van der Waals surface area contributed by atoms with E-state index in [1.165, 1.54) is 5.39 Å². The van der Waals surface area contributed by atoms with Gasteiger partial charge >= 0.3 is 87.1 Å². The van der Waals surface area contributed by atoms with Gasteiger partial charge in [-0.15, -0.1) is 0 Å². The maximum atomic E-state index is 5.89. The Labute approximate surface area is 86.6 Å². The van der Waals surface area contributed by atoms with E-state index in [9.17, 15) is 0 Å². The van der Waals surface area contributed by atoms with E-state index in [-0.39, 0.29) is 0 Å². The van der Waals surface area contributed by atoms with Crippen molar-refractivity contribution >= 4 is 22.4 Å². The van der Waals surface area contributed by atoms with Gasteiger partial charge in [0.2, 0.25) is 0 Å². The average Bonchev–Trinajstić information content (AvgIpc) is 2.17. The van der Waals surface area contributed by atoms with Crippen molar-refractivity contribution in [1.82, 2.24) is 4.98 Å². The van der Waals surface area contributed by atoms with Crippen molar-refractivity contribution < 1.29 is 23.3 Å². The van der Waals surface area contributed by atoms with Crippen molar-refractivity contribution in [3.63, 3.8) is 0 Å². The third-order valence-corrected chi connectivity index (χ3v) is 6.79. The van der Waals surface area contributed by atoms with Gasteiger partial charge < -0.3 is 0 Å². The number of rotatable bonds is 1. The van der Waals surface area contributed by atoms with E-state index in [1.807, 2.05) is 18.2 Å². The Kier molecular flexibility index (Phi) is 2.61. The second-order valence-electron chi connectivity index (χ2n) is 2.63. The molecule has 0 amide bonds. The van der Waals surface area contributed by atoms with Crippen LogP contribution >= 0.6 is 8.25 Å². The van der Waals surface area contributed by atoms with Crippen LogP contribution in [0.3, 0.4) is 0 Å². The molecule has 0 unspecified atom stereocenters. The molecule has 2 aromatic rings. The number of benzene rings is 1. The molecule has 56 valence electrons. The van der Waals surface area contributed by atoms with Crippen molar-refractivity contribution in [2.24, 2.45) is 0 Å². The number of para-hydroxylation sites is 1. The SMILES string of the molecule is [Cl][Hg][c]1ccc2ccccc2n1. The van der Waals surface area contributed by atoms with Gasteiger partial charge in [0.05, 0.1) is 0 Å². The van der Waals surface area contributed by atoms with Gasteiger partial charge in [-0.3, -0.25) is 0 Å². The van der Waals surface area contributed by atoms with Gasteiger partial charge in [0, 0.05) is 0 Å². The molecule has 0 aliphatic carbocycles. The van der Waals surface area contributed by atoms with Gasteiger partial charge in [-0.2, -0.15) is 0 Å². The third-order valence-electron chi connectivity index (χ3n) is 1.79. The fourth-order valence-corrected chi connectivity index (χ4v) is 4.19. The first kappa shape index (κ1) is 8.45. The van der Waals surface area contributed by atoms with E-state index in [0.717, 1.165) is 8.72 Å². The predicted octanol–water partition coefficient (Wildman–Crippen LogP) is 2.10. The Morgan fingerprint density at radius 1 is 1.08 bits per heavy atom. The Morgan fingerprint density at radius 2 is 1.92 bits per heavy atom. The van der Waals surface area contributed by atoms with Crippen LogP contribution in [0.15, 0.2) is 36.4 Å². The fourth-order valence-electron chi connectivity index (χ4n) is 1.18. The van der Waals surface area contributed by atoms with Crippen molar-refractivity contribution in [1.29, 1.82) is 0 Å². The van der Waals surface area contributed by atoms with Crippen LogP contribution in [0.25, 0.3) is 10.9 Å². The molecule has 1 nitrogen and oxygen atoms in total. The number of fused-ring (bicyclic) bond motifs is 1. The number of hydrogen-bond acceptors (Lipinski definition) is 1. The third kappa shape index (κ3) is 1.62.